The van der Waals surface area contributed by atoms with Gasteiger partial charge in [-0.3, -0.25) is 42.3 Å². The van der Waals surface area contributed by atoms with Crippen LogP contribution in [0.3, 0.4) is 0 Å². The van der Waals surface area contributed by atoms with Gasteiger partial charge in [-0.05, 0) is 43.9 Å². The summed E-state index contributed by atoms with van der Waals surface area (Å²) in [5.41, 5.74) is 12.8. The Morgan fingerprint density at radius 1 is 0.795 bits per heavy atom. The lowest BCUT2D eigenvalue weighted by Gasteiger charge is -2.29. The number of amides is 4. The Kier molecular flexibility index (Phi) is 19.4. The minimum Gasteiger partial charge on any atom is -0.433 e. The summed E-state index contributed by atoms with van der Waals surface area (Å²) in [4.78, 5) is 115. The zero-order valence-corrected chi connectivity index (χ0v) is 47.3. The second kappa shape index (κ2) is 25.5. The Morgan fingerprint density at radius 2 is 1.35 bits per heavy atom. The summed E-state index contributed by atoms with van der Waals surface area (Å²) >= 11 is 10.9. The Bertz CT molecular complexity index is 2980. The van der Waals surface area contributed by atoms with Crippen molar-refractivity contribution in [2.24, 2.45) is 0 Å². The highest BCUT2D eigenvalue weighted by molar-refractivity contribution is 8.77. The largest absolute Gasteiger partial charge is 0.508 e. The van der Waals surface area contributed by atoms with Crippen molar-refractivity contribution < 1.29 is 80.6 Å². The summed E-state index contributed by atoms with van der Waals surface area (Å²) in [6, 6.07) is 0. The molecule has 2 bridgehead atoms. The Morgan fingerprint density at radius 3 is 1.96 bits per heavy atom. The number of aliphatic hydroxyl groups is 1. The second-order valence-electron chi connectivity index (χ2n) is 18.5. The van der Waals surface area contributed by atoms with Crippen molar-refractivity contribution in [2.75, 3.05) is 84.0 Å². The normalized spacial score (nSPS) is 27.6. The van der Waals surface area contributed by atoms with E-state index in [0.717, 1.165) is 4.90 Å². The third-order valence-corrected chi connectivity index (χ3v) is 19.0. The molecule has 426 valence electrons. The monoisotopic (exact) mass is 1210 g/mol. The van der Waals surface area contributed by atoms with Crippen LogP contribution in [0, 0.1) is 0 Å². The Hall–Kier alpha value is -4.61. The minimum absolute atomic E-state index is 0.0290. The zero-order chi connectivity index (χ0) is 56.1. The van der Waals surface area contributed by atoms with E-state index < -0.39 is 98.4 Å². The van der Waals surface area contributed by atoms with Crippen LogP contribution >= 0.6 is 35.0 Å². The molecule has 0 saturated carbocycles. The molecule has 36 heteroatoms. The summed E-state index contributed by atoms with van der Waals surface area (Å²) in [6.45, 7) is -5.24. The number of aliphatic hydroxyl groups excluding tert-OH is 1. The molecule has 2 unspecified atom stereocenters. The van der Waals surface area contributed by atoms with Gasteiger partial charge in [0.05, 0.1) is 52.0 Å². The summed E-state index contributed by atoms with van der Waals surface area (Å²) < 4.78 is 55.3. The number of likely N-dealkylation sites (N-methyl/N-ethyl adjacent to an activating group) is 2. The van der Waals surface area contributed by atoms with E-state index in [1.165, 1.54) is 73.1 Å². The third kappa shape index (κ3) is 14.5. The minimum atomic E-state index is -4.40. The van der Waals surface area contributed by atoms with E-state index in [1.807, 2.05) is 13.8 Å². The highest BCUT2D eigenvalue weighted by Crippen LogP contribution is 2.54. The van der Waals surface area contributed by atoms with Gasteiger partial charge in [-0.15, -0.1) is 0 Å². The van der Waals surface area contributed by atoms with Crippen LogP contribution in [0.1, 0.15) is 45.6 Å². The number of imide groups is 1. The van der Waals surface area contributed by atoms with E-state index in [-0.39, 0.29) is 85.0 Å². The van der Waals surface area contributed by atoms with Gasteiger partial charge in [-0.1, -0.05) is 21.6 Å². The third-order valence-electron chi connectivity index (χ3n) is 12.5. The van der Waals surface area contributed by atoms with Crippen LogP contribution in [-0.2, 0) is 84.6 Å². The Labute approximate surface area is 463 Å². The molecule has 8 rings (SSSR count). The first-order valence-corrected chi connectivity index (χ1v) is 31.4. The number of hydrogen-bond donors (Lipinski definition) is 5. The highest BCUT2D eigenvalue weighted by Gasteiger charge is 2.54. The molecule has 4 aliphatic rings. The van der Waals surface area contributed by atoms with E-state index in [2.05, 4.69) is 29.9 Å². The molecule has 7 N–H and O–H groups in total. The van der Waals surface area contributed by atoms with Crippen LogP contribution in [-0.4, -0.2) is 212 Å². The molecule has 4 amide bonds. The number of anilines is 2. The number of imidazole rings is 2. The number of carbonyl (C=O) groups is 5. The first-order chi connectivity index (χ1) is 37.0. The fourth-order valence-corrected chi connectivity index (χ4v) is 13.5. The van der Waals surface area contributed by atoms with Gasteiger partial charge < -0.3 is 68.9 Å². The maximum Gasteiger partial charge on any atom is 0.508 e. The summed E-state index contributed by atoms with van der Waals surface area (Å²) in [7, 11) is 6.19. The predicted molar refractivity (Wildman–Crippen MR) is 284 cm³/mol. The lowest BCUT2D eigenvalue weighted by atomic mass is 10.1. The number of ether oxygens (including phenoxy) is 5. The van der Waals surface area contributed by atoms with E-state index in [1.54, 1.807) is 19.0 Å². The topological polar surface area (TPSA) is 378 Å². The van der Waals surface area contributed by atoms with Crippen molar-refractivity contribution in [3.05, 3.63) is 37.5 Å². The molecule has 0 aromatic carbocycles. The van der Waals surface area contributed by atoms with Gasteiger partial charge in [0.2, 0.25) is 11.8 Å². The number of nitrogens with zero attached hydrogens (tertiary/aromatic N) is 11. The van der Waals surface area contributed by atoms with Crippen molar-refractivity contribution in [3.8, 4) is 0 Å². The maximum atomic E-state index is 13.6. The van der Waals surface area contributed by atoms with Crippen molar-refractivity contribution in [1.29, 1.82) is 0 Å². The molecule has 0 aliphatic carbocycles. The fourth-order valence-electron chi connectivity index (χ4n) is 8.28. The predicted octanol–water partition coefficient (Wildman–Crippen LogP) is 0.948. The van der Waals surface area contributed by atoms with Gasteiger partial charge in [0.15, 0.2) is 41.5 Å². The number of carbonyl (C=O) groups excluding carboxylic acids is 5. The number of rotatable bonds is 20. The molecule has 30 nitrogen and oxygen atoms in total. The first kappa shape index (κ1) is 59.5. The lowest BCUT2D eigenvalue weighted by Crippen LogP contribution is -2.39. The SMILES string of the molecule is CN(CCN(C)C(=O)CCC(C)(C)SSCCOC(=O)O[C@@H]1[C@@H]2OP(O)(=S)OC[C@H]3O[C@@H](n4cnc5c(N)ncnc54)[C@H](OP(O)(=S)OC[C@H]2O[C@H]1n1cnc2c(N)ncnc21)[C@@H]3O)C(=O)CCOCCN1C(=O)C=CC1=O. The average molecular weight is 1210 g/mol. The van der Waals surface area contributed by atoms with E-state index in [9.17, 15) is 38.9 Å². The van der Waals surface area contributed by atoms with Crippen LogP contribution in [0.15, 0.2) is 37.5 Å². The number of hydrogen-bond acceptors (Lipinski definition) is 27. The van der Waals surface area contributed by atoms with Gasteiger partial charge in [-0.25, -0.2) is 34.7 Å². The number of aromatic nitrogens is 8. The van der Waals surface area contributed by atoms with Crippen molar-refractivity contribution in [1.82, 2.24) is 53.7 Å². The number of nitrogens with two attached hydrogens (primary N) is 2. The van der Waals surface area contributed by atoms with Crippen molar-refractivity contribution in [2.45, 2.75) is 86.9 Å². The molecular weight excluding hydrogens is 1150 g/mol. The molecule has 8 heterocycles. The number of fused-ring (bicyclic) bond motifs is 5. The number of nitrogen functional groups attached to an aromatic ring is 2. The van der Waals surface area contributed by atoms with E-state index in [0.29, 0.717) is 25.3 Å². The van der Waals surface area contributed by atoms with Crippen LogP contribution in [0.2, 0.25) is 0 Å². The molecule has 3 fully saturated rings. The fraction of sp³-hybridized carbons (Fsp3) is 0.595. The highest BCUT2D eigenvalue weighted by atomic mass is 33.1. The van der Waals surface area contributed by atoms with Gasteiger partial charge in [0, 0.05) is 56.3 Å². The quantitative estimate of drug-likeness (QED) is 0.0270. The molecule has 4 aromatic heterocycles. The molecular formula is C42H57N13O17P2S4. The van der Waals surface area contributed by atoms with Gasteiger partial charge in [0.1, 0.15) is 60.8 Å². The van der Waals surface area contributed by atoms with Crippen LogP contribution in [0.4, 0.5) is 16.4 Å². The van der Waals surface area contributed by atoms with Crippen LogP contribution in [0.5, 0.6) is 0 Å². The molecule has 78 heavy (non-hydrogen) atoms. The molecule has 0 radical (unpaired) electrons. The van der Waals surface area contributed by atoms with Gasteiger partial charge >= 0.3 is 19.6 Å². The smallest absolute Gasteiger partial charge is 0.433 e. The Balaban J connectivity index is 0.841. The standard InChI is InChI=1S/C42H57N13O17P2S4/c1-42(2,9-7-25(56)51(3)10-11-52(4)26(57)8-13-64-14-12-53-27(58)5-6-28(53)59)78-77-16-15-65-41(61)70-34-32-24(69-40(34)55-22-50-30-36(44)46-20-48-38(30)55)18-67-74(63,76)72-33-31(60)23(17-66-73(62,75)71-32)68-39(33)54-21-49-29-35(43)45-19-47-37(29)54/h5-6,19-24,31-34,39-40,60H,7-18H2,1-4H3,(H,62,75)(H,63,76)(H2,43,45,47)(H2,44,46,48)/t23-,24-,31-,32-,33-,34-,39-,40-,73?,74?/m1/s1. The molecule has 4 aliphatic heterocycles. The molecule has 4 aromatic rings. The summed E-state index contributed by atoms with van der Waals surface area (Å²) in [6.07, 6.45) is -4.26. The van der Waals surface area contributed by atoms with Crippen molar-refractivity contribution in [3.63, 3.8) is 0 Å². The lowest BCUT2D eigenvalue weighted by molar-refractivity contribution is -0.138. The average Bonchev–Trinajstić information content (AvgIpc) is 4.28. The maximum absolute atomic E-state index is 13.6. The van der Waals surface area contributed by atoms with Gasteiger partial charge in [-0.2, -0.15) is 0 Å². The summed E-state index contributed by atoms with van der Waals surface area (Å²) in [5, 5.41) is 11.5. The molecule has 3 saturated heterocycles. The first-order valence-electron chi connectivity index (χ1n) is 23.9. The zero-order valence-electron chi connectivity index (χ0n) is 42.2. The van der Waals surface area contributed by atoms with Crippen molar-refractivity contribution >= 4 is 122 Å². The van der Waals surface area contributed by atoms with Crippen LogP contribution < -0.4 is 11.5 Å². The molecule has 10 atom stereocenters. The summed E-state index contributed by atoms with van der Waals surface area (Å²) in [5.74, 6) is -0.708. The van der Waals surface area contributed by atoms with E-state index in [4.69, 9.17) is 76.9 Å². The van der Waals surface area contributed by atoms with Gasteiger partial charge in [0.25, 0.3) is 11.8 Å². The van der Waals surface area contributed by atoms with E-state index >= 15 is 0 Å². The van der Waals surface area contributed by atoms with Crippen LogP contribution in [0.25, 0.3) is 22.3 Å². The molecule has 0 spiro atoms. The second-order valence-corrected chi connectivity index (χ2v) is 27.2.